The van der Waals surface area contributed by atoms with Gasteiger partial charge in [-0.05, 0) is 41.8 Å². The van der Waals surface area contributed by atoms with Gasteiger partial charge in [0.2, 0.25) is 5.95 Å². The van der Waals surface area contributed by atoms with Gasteiger partial charge in [0.25, 0.3) is 20.2 Å². The number of ether oxygens (including phenoxy) is 1. The first-order valence-electron chi connectivity index (χ1n) is 10.2. The Labute approximate surface area is 223 Å². The van der Waals surface area contributed by atoms with Gasteiger partial charge in [-0.25, -0.2) is 0 Å². The number of halogens is 3. The van der Waals surface area contributed by atoms with E-state index in [9.17, 15) is 39.8 Å². The van der Waals surface area contributed by atoms with Gasteiger partial charge < -0.3 is 15.2 Å². The molecule has 1 aromatic heterocycles. The number of aromatic nitrogens is 2. The molecule has 0 saturated heterocycles. The van der Waals surface area contributed by atoms with E-state index in [0.29, 0.717) is 0 Å². The number of hydrogen-bond acceptors (Lipinski definition) is 11. The first kappa shape index (κ1) is 28.0. The largest absolute Gasteiger partial charge is 0.505 e. The molecule has 18 heteroatoms. The minimum Gasteiger partial charge on any atom is -0.505 e. The zero-order chi connectivity index (χ0) is 28.7. The fourth-order valence-electron chi connectivity index (χ4n) is 3.35. The number of anilines is 2. The molecule has 0 fully saturated rings. The predicted molar refractivity (Wildman–Crippen MR) is 133 cm³/mol. The smallest absolute Gasteiger partial charge is 0.313 e. The van der Waals surface area contributed by atoms with Crippen LogP contribution in [0.5, 0.6) is 11.5 Å². The molecule has 0 unspecified atom stereocenters. The zero-order valence-corrected chi connectivity index (χ0v) is 21.6. The molecule has 0 amide bonds. The van der Waals surface area contributed by atoms with Gasteiger partial charge in [0, 0.05) is 17.1 Å². The molecule has 0 bridgehead atoms. The average Bonchev–Trinajstić information content (AvgIpc) is 2.85. The lowest BCUT2D eigenvalue weighted by Crippen LogP contribution is -2.02. The van der Waals surface area contributed by atoms with Gasteiger partial charge in [-0.1, -0.05) is 11.6 Å². The van der Waals surface area contributed by atoms with E-state index in [1.165, 1.54) is 31.4 Å². The van der Waals surface area contributed by atoms with Crippen molar-refractivity contribution in [3.8, 4) is 11.5 Å². The third-order valence-electron chi connectivity index (χ3n) is 5.08. The molecule has 4 aromatic rings. The first-order chi connectivity index (χ1) is 18.2. The Morgan fingerprint density at radius 3 is 2.28 bits per heavy atom. The number of azo groups is 1. The number of methoxy groups -OCH3 is 1. The maximum absolute atomic E-state index is 13.6. The second kappa shape index (κ2) is 10.3. The van der Waals surface area contributed by atoms with Crippen LogP contribution in [0.3, 0.4) is 0 Å². The third-order valence-corrected chi connectivity index (χ3v) is 7.16. The molecule has 39 heavy (non-hydrogen) atoms. The van der Waals surface area contributed by atoms with Gasteiger partial charge in [-0.2, -0.15) is 35.6 Å². The van der Waals surface area contributed by atoms with E-state index in [-0.39, 0.29) is 22.2 Å². The maximum Gasteiger partial charge on any atom is 0.313 e. The Balaban J connectivity index is 1.85. The van der Waals surface area contributed by atoms with Crippen molar-refractivity contribution in [1.29, 1.82) is 0 Å². The summed E-state index contributed by atoms with van der Waals surface area (Å²) in [6.07, 6.45) is -1.41. The maximum atomic E-state index is 13.6. The number of phenols is 1. The van der Waals surface area contributed by atoms with Gasteiger partial charge in [0.15, 0.2) is 11.6 Å². The van der Waals surface area contributed by atoms with E-state index >= 15 is 0 Å². The van der Waals surface area contributed by atoms with Gasteiger partial charge in [-0.15, -0.1) is 10.2 Å². The number of nitrogens with zero attached hydrogens (tertiary/aromatic N) is 4. The molecule has 0 atom stereocenters. The van der Waals surface area contributed by atoms with Crippen LogP contribution in [-0.4, -0.2) is 48.1 Å². The van der Waals surface area contributed by atoms with Crippen molar-refractivity contribution in [3.63, 3.8) is 0 Å². The number of phenolic OH excluding ortho intramolecular Hbond substituents is 1. The van der Waals surface area contributed by atoms with Crippen molar-refractivity contribution in [2.45, 2.75) is 9.79 Å². The molecule has 0 saturated carbocycles. The average molecular weight is 602 g/mol. The van der Waals surface area contributed by atoms with Crippen LogP contribution >= 0.6 is 11.6 Å². The van der Waals surface area contributed by atoms with Crippen molar-refractivity contribution >= 4 is 65.5 Å². The Morgan fingerprint density at radius 2 is 1.64 bits per heavy atom. The number of rotatable bonds is 7. The van der Waals surface area contributed by atoms with Gasteiger partial charge in [0.05, 0.1) is 7.11 Å². The second-order valence-electron chi connectivity index (χ2n) is 7.56. The highest BCUT2D eigenvalue weighted by Crippen LogP contribution is 2.43. The van der Waals surface area contributed by atoms with Crippen LogP contribution < -0.4 is 10.1 Å². The highest BCUT2D eigenvalue weighted by molar-refractivity contribution is 7.86. The number of aromatic hydroxyl groups is 1. The van der Waals surface area contributed by atoms with Crippen molar-refractivity contribution in [2.75, 3.05) is 12.4 Å². The molecule has 0 radical (unpaired) electrons. The summed E-state index contributed by atoms with van der Waals surface area (Å²) in [5.41, 5.74) is -1.11. The topological polar surface area (TPSA) is 201 Å². The molecule has 204 valence electrons. The van der Waals surface area contributed by atoms with Gasteiger partial charge >= 0.3 is 6.08 Å². The van der Waals surface area contributed by atoms with Crippen molar-refractivity contribution in [1.82, 2.24) is 9.97 Å². The number of fused-ring (bicyclic) bond motifs is 1. The van der Waals surface area contributed by atoms with Crippen LogP contribution in [-0.2, 0) is 20.2 Å². The highest BCUT2D eigenvalue weighted by Gasteiger charge is 2.23. The van der Waals surface area contributed by atoms with Crippen LogP contribution in [0, 0.1) is 12.0 Å². The molecular formula is C21H14ClF2N5O8S2. The minimum atomic E-state index is -5.05. The monoisotopic (exact) mass is 601 g/mol. The van der Waals surface area contributed by atoms with Crippen molar-refractivity contribution in [3.05, 3.63) is 59.5 Å². The number of nitrogens with one attached hydrogen (secondary N) is 1. The molecule has 0 aliphatic rings. The van der Waals surface area contributed by atoms with Crippen molar-refractivity contribution in [2.24, 2.45) is 10.2 Å². The summed E-state index contributed by atoms with van der Waals surface area (Å²) < 4.78 is 99.0. The molecule has 1 heterocycles. The number of hydrogen-bond donors (Lipinski definition) is 4. The molecular weight excluding hydrogens is 588 g/mol. The quantitative estimate of drug-likeness (QED) is 0.0968. The van der Waals surface area contributed by atoms with Crippen LogP contribution in [0.1, 0.15) is 0 Å². The summed E-state index contributed by atoms with van der Waals surface area (Å²) in [4.78, 5) is 4.53. The molecule has 4 N–H and O–H groups in total. The Kier molecular flexibility index (Phi) is 7.37. The van der Waals surface area contributed by atoms with Crippen LogP contribution in [0.25, 0.3) is 10.8 Å². The van der Waals surface area contributed by atoms with E-state index in [2.05, 4.69) is 25.5 Å². The summed E-state index contributed by atoms with van der Waals surface area (Å²) in [6, 6.07) is 8.03. The molecule has 13 nitrogen and oxygen atoms in total. The summed E-state index contributed by atoms with van der Waals surface area (Å²) in [7, 11) is -8.64. The molecule has 0 aliphatic heterocycles. The summed E-state index contributed by atoms with van der Waals surface area (Å²) in [6.45, 7) is 0. The molecule has 0 spiro atoms. The summed E-state index contributed by atoms with van der Waals surface area (Å²) >= 11 is 5.74. The van der Waals surface area contributed by atoms with Crippen molar-refractivity contribution < 1.29 is 44.6 Å². The fourth-order valence-corrected chi connectivity index (χ4v) is 4.78. The van der Waals surface area contributed by atoms with Gasteiger partial charge in [0.1, 0.15) is 31.9 Å². The summed E-state index contributed by atoms with van der Waals surface area (Å²) in [5, 5.41) is 20.0. The van der Waals surface area contributed by atoms with E-state index in [1.807, 2.05) is 0 Å². The lowest BCUT2D eigenvalue weighted by atomic mass is 10.1. The molecule has 0 aliphatic carbocycles. The highest BCUT2D eigenvalue weighted by atomic mass is 35.5. The minimum absolute atomic E-state index is 0.00160. The Hall–Kier alpha value is -4.03. The Morgan fingerprint density at radius 1 is 0.949 bits per heavy atom. The standard InChI is InChI=1S/C21H14ClF2N5O8S2/c1-37-11-3-5-13(14(8-11)38(31,32)33)28-29-17-15(39(34,35)36)7-9-6-10(2-4-12(9)18(17)30)25-20-16(22)19(23)26-21(24)27-20/h2-8,30H,1H3,(H,25,26,27)(H,31,32,33)(H,34,35,36)/b29-28+. The van der Waals surface area contributed by atoms with E-state index < -0.39 is 70.0 Å². The SMILES string of the molecule is COc1ccc(/N=N/c2c(S(=O)(=O)O)cc3cc(Nc4nc(F)nc(F)c4Cl)ccc3c2O)c(S(=O)(=O)O)c1. The van der Waals surface area contributed by atoms with Crippen LogP contribution in [0.2, 0.25) is 5.02 Å². The van der Waals surface area contributed by atoms with E-state index in [1.54, 1.807) is 0 Å². The normalized spacial score (nSPS) is 12.3. The zero-order valence-electron chi connectivity index (χ0n) is 19.2. The van der Waals surface area contributed by atoms with Crippen LogP contribution in [0.15, 0.2) is 62.5 Å². The van der Waals surface area contributed by atoms with E-state index in [4.69, 9.17) is 16.3 Å². The molecule has 4 rings (SSSR count). The van der Waals surface area contributed by atoms with Crippen LogP contribution in [0.4, 0.5) is 31.7 Å². The second-order valence-corrected chi connectivity index (χ2v) is 10.7. The third kappa shape index (κ3) is 5.86. The lowest BCUT2D eigenvalue weighted by molar-refractivity contribution is 0.412. The molecule has 3 aromatic carbocycles. The predicted octanol–water partition coefficient (Wildman–Crippen LogP) is 4.93. The van der Waals surface area contributed by atoms with E-state index in [0.717, 1.165) is 18.2 Å². The fraction of sp³-hybridized carbons (Fsp3) is 0.0476. The lowest BCUT2D eigenvalue weighted by Gasteiger charge is -2.12. The van der Waals surface area contributed by atoms with Gasteiger partial charge in [-0.3, -0.25) is 9.11 Å². The first-order valence-corrected chi connectivity index (χ1v) is 13.4. The number of benzene rings is 3. The Bertz CT molecular complexity index is 1890. The summed E-state index contributed by atoms with van der Waals surface area (Å²) in [5.74, 6) is -2.51.